The van der Waals surface area contributed by atoms with Crippen molar-refractivity contribution < 1.29 is 4.79 Å². The third kappa shape index (κ3) is 7.13. The molecule has 0 saturated heterocycles. The van der Waals surface area contributed by atoms with E-state index in [9.17, 15) is 4.79 Å². The van der Waals surface area contributed by atoms with E-state index in [0.29, 0.717) is 11.7 Å². The molecule has 1 heteroatoms. The summed E-state index contributed by atoms with van der Waals surface area (Å²) in [6, 6.07) is 0. The Hall–Kier alpha value is -0.330. The minimum absolute atomic E-state index is 0.425. The lowest BCUT2D eigenvalue weighted by molar-refractivity contribution is -0.122. The minimum atomic E-state index is 0.425. The molecule has 1 fully saturated rings. The second-order valence-electron chi connectivity index (χ2n) is 6.48. The summed E-state index contributed by atoms with van der Waals surface area (Å²) in [4.78, 5) is 12.1. The topological polar surface area (TPSA) is 17.1 Å². The molecule has 0 radical (unpaired) electrons. The summed E-state index contributed by atoms with van der Waals surface area (Å²) in [5.41, 5.74) is 0. The van der Waals surface area contributed by atoms with Crippen LogP contribution in [0.3, 0.4) is 0 Å². The monoisotopic (exact) mass is 266 g/mol. The third-order valence-corrected chi connectivity index (χ3v) is 4.85. The van der Waals surface area contributed by atoms with Gasteiger partial charge in [0.05, 0.1) is 0 Å². The normalized spacial score (nSPS) is 22.8. The lowest BCUT2D eigenvalue weighted by atomic mass is 9.95. The zero-order valence-electron chi connectivity index (χ0n) is 13.3. The summed E-state index contributed by atoms with van der Waals surface area (Å²) < 4.78 is 0. The van der Waals surface area contributed by atoms with Crippen LogP contribution in [-0.4, -0.2) is 5.78 Å². The summed E-state index contributed by atoms with van der Waals surface area (Å²) in [5, 5.41) is 0. The molecule has 2 atom stereocenters. The maximum Gasteiger partial charge on any atom is 0.135 e. The number of hydrogen-bond donors (Lipinski definition) is 0. The van der Waals surface area contributed by atoms with E-state index < -0.39 is 0 Å². The van der Waals surface area contributed by atoms with Gasteiger partial charge in [-0.3, -0.25) is 4.79 Å². The van der Waals surface area contributed by atoms with E-state index in [1.54, 1.807) is 0 Å². The highest BCUT2D eigenvalue weighted by molar-refractivity contribution is 5.81. The lowest BCUT2D eigenvalue weighted by Gasteiger charge is -2.09. The van der Waals surface area contributed by atoms with Gasteiger partial charge in [-0.1, -0.05) is 65.2 Å². The van der Waals surface area contributed by atoms with Crippen LogP contribution in [0.4, 0.5) is 0 Å². The first kappa shape index (κ1) is 16.7. The van der Waals surface area contributed by atoms with Gasteiger partial charge in [-0.2, -0.15) is 0 Å². The van der Waals surface area contributed by atoms with Gasteiger partial charge in [-0.15, -0.1) is 0 Å². The van der Waals surface area contributed by atoms with Crippen molar-refractivity contribution in [2.45, 2.75) is 97.3 Å². The molecule has 2 unspecified atom stereocenters. The first-order chi connectivity index (χ1) is 9.27. The Labute approximate surface area is 120 Å². The average molecular weight is 266 g/mol. The van der Waals surface area contributed by atoms with Gasteiger partial charge in [0.25, 0.3) is 0 Å². The van der Waals surface area contributed by atoms with Crippen LogP contribution in [0.2, 0.25) is 0 Å². The van der Waals surface area contributed by atoms with Crippen molar-refractivity contribution in [1.29, 1.82) is 0 Å². The molecule has 0 spiro atoms. The summed E-state index contributed by atoms with van der Waals surface area (Å²) in [6.45, 7) is 4.52. The number of carbonyl (C=O) groups is 1. The van der Waals surface area contributed by atoms with Crippen LogP contribution in [-0.2, 0) is 4.79 Å². The quantitative estimate of drug-likeness (QED) is 0.425. The van der Waals surface area contributed by atoms with Gasteiger partial charge in [0, 0.05) is 12.3 Å². The summed E-state index contributed by atoms with van der Waals surface area (Å²) in [6.07, 6.45) is 16.4. The van der Waals surface area contributed by atoms with E-state index in [-0.39, 0.29) is 0 Å². The fourth-order valence-electron chi connectivity index (χ4n) is 3.38. The number of rotatable bonds is 11. The van der Waals surface area contributed by atoms with Crippen LogP contribution < -0.4 is 0 Å². The number of Topliss-reactive ketones (excluding diaryl/α,β-unsaturated/α-hetero) is 1. The molecule has 19 heavy (non-hydrogen) atoms. The van der Waals surface area contributed by atoms with Gasteiger partial charge in [0.2, 0.25) is 0 Å². The molecule has 1 aliphatic carbocycles. The highest BCUT2D eigenvalue weighted by atomic mass is 16.1. The molecule has 0 amide bonds. The lowest BCUT2D eigenvalue weighted by Crippen LogP contribution is -2.11. The van der Waals surface area contributed by atoms with Crippen molar-refractivity contribution >= 4 is 5.78 Å². The number of carbonyl (C=O) groups excluding carboxylic acids is 1. The molecule has 0 aromatic rings. The van der Waals surface area contributed by atoms with Crippen molar-refractivity contribution in [2.24, 2.45) is 11.8 Å². The SMILES string of the molecule is CCCCCCCCCCC(=O)C1CCC(CC)C1. The Morgan fingerprint density at radius 3 is 2.11 bits per heavy atom. The van der Waals surface area contributed by atoms with E-state index in [4.69, 9.17) is 0 Å². The predicted octanol–water partition coefficient (Wildman–Crippen LogP) is 5.91. The maximum absolute atomic E-state index is 12.1. The van der Waals surface area contributed by atoms with E-state index in [2.05, 4.69) is 13.8 Å². The van der Waals surface area contributed by atoms with Crippen LogP contribution in [0, 0.1) is 11.8 Å². The van der Waals surface area contributed by atoms with Crippen LogP contribution >= 0.6 is 0 Å². The van der Waals surface area contributed by atoms with Gasteiger partial charge in [0.1, 0.15) is 5.78 Å². The van der Waals surface area contributed by atoms with Crippen molar-refractivity contribution in [2.75, 3.05) is 0 Å². The van der Waals surface area contributed by atoms with Crippen LogP contribution in [0.25, 0.3) is 0 Å². The number of ketones is 1. The van der Waals surface area contributed by atoms with Crippen molar-refractivity contribution in [3.8, 4) is 0 Å². The molecular formula is C18H34O. The molecule has 1 rings (SSSR count). The zero-order valence-corrected chi connectivity index (χ0v) is 13.3. The molecule has 0 heterocycles. The van der Waals surface area contributed by atoms with Gasteiger partial charge < -0.3 is 0 Å². The van der Waals surface area contributed by atoms with Crippen LogP contribution in [0.1, 0.15) is 97.3 Å². The van der Waals surface area contributed by atoms with Crippen LogP contribution in [0.15, 0.2) is 0 Å². The third-order valence-electron chi connectivity index (χ3n) is 4.85. The Morgan fingerprint density at radius 2 is 1.53 bits per heavy atom. The first-order valence-corrected chi connectivity index (χ1v) is 8.80. The Bertz CT molecular complexity index is 234. The van der Waals surface area contributed by atoms with Crippen LogP contribution in [0.5, 0.6) is 0 Å². The van der Waals surface area contributed by atoms with Gasteiger partial charge in [-0.25, -0.2) is 0 Å². The maximum atomic E-state index is 12.1. The van der Waals surface area contributed by atoms with Crippen molar-refractivity contribution in [3.05, 3.63) is 0 Å². The van der Waals surface area contributed by atoms with E-state index in [0.717, 1.165) is 18.8 Å². The van der Waals surface area contributed by atoms with Crippen molar-refractivity contribution in [1.82, 2.24) is 0 Å². The highest BCUT2D eigenvalue weighted by Crippen LogP contribution is 2.34. The van der Waals surface area contributed by atoms with Gasteiger partial charge in [-0.05, 0) is 31.6 Å². The largest absolute Gasteiger partial charge is 0.299 e. The molecule has 112 valence electrons. The Kier molecular flexibility index (Phi) is 9.20. The molecule has 0 aromatic carbocycles. The zero-order chi connectivity index (χ0) is 13.9. The van der Waals surface area contributed by atoms with E-state index >= 15 is 0 Å². The number of unbranched alkanes of at least 4 members (excludes halogenated alkanes) is 7. The number of hydrogen-bond acceptors (Lipinski definition) is 1. The summed E-state index contributed by atoms with van der Waals surface area (Å²) >= 11 is 0. The predicted molar refractivity (Wildman–Crippen MR) is 83.4 cm³/mol. The standard InChI is InChI=1S/C18H34O/c1-3-5-6-7-8-9-10-11-12-18(19)17-14-13-16(4-2)15-17/h16-17H,3-15H2,1-2H3. The average Bonchev–Trinajstić information content (AvgIpc) is 2.90. The second kappa shape index (κ2) is 10.5. The highest BCUT2D eigenvalue weighted by Gasteiger charge is 2.27. The summed E-state index contributed by atoms with van der Waals surface area (Å²) in [5.74, 6) is 1.84. The van der Waals surface area contributed by atoms with E-state index in [1.165, 1.54) is 70.6 Å². The fraction of sp³-hybridized carbons (Fsp3) is 0.944. The molecule has 0 aromatic heterocycles. The minimum Gasteiger partial charge on any atom is -0.299 e. The van der Waals surface area contributed by atoms with E-state index in [1.807, 2.05) is 0 Å². The fourth-order valence-corrected chi connectivity index (χ4v) is 3.38. The molecule has 0 bridgehead atoms. The molecule has 0 aliphatic heterocycles. The van der Waals surface area contributed by atoms with Gasteiger partial charge in [0.15, 0.2) is 0 Å². The smallest absolute Gasteiger partial charge is 0.135 e. The molecule has 1 nitrogen and oxygen atoms in total. The molecular weight excluding hydrogens is 232 g/mol. The van der Waals surface area contributed by atoms with Gasteiger partial charge >= 0.3 is 0 Å². The Balaban J connectivity index is 1.93. The second-order valence-corrected chi connectivity index (χ2v) is 6.48. The molecule has 0 N–H and O–H groups in total. The Morgan fingerprint density at radius 1 is 0.895 bits per heavy atom. The molecule has 1 aliphatic rings. The first-order valence-electron chi connectivity index (χ1n) is 8.80. The molecule has 1 saturated carbocycles. The van der Waals surface area contributed by atoms with Crippen molar-refractivity contribution in [3.63, 3.8) is 0 Å². The summed E-state index contributed by atoms with van der Waals surface area (Å²) in [7, 11) is 0.